The number of alkyl halides is 6. The van der Waals surface area contributed by atoms with Gasteiger partial charge in [-0.15, -0.1) is 0 Å². The number of hydrogen-bond donors (Lipinski definition) is 2. The minimum Gasteiger partial charge on any atom is -0.369 e. The molecule has 0 saturated heterocycles. The van der Waals surface area contributed by atoms with E-state index in [2.05, 4.69) is 0 Å². The van der Waals surface area contributed by atoms with Crippen LogP contribution < -0.4 is 11.5 Å². The molecule has 2 aliphatic rings. The number of halogens is 6. The predicted molar refractivity (Wildman–Crippen MR) is 128 cm³/mol. The smallest absolute Gasteiger partial charge is 0.369 e. The van der Waals surface area contributed by atoms with Crippen LogP contribution in [-0.2, 0) is 23.6 Å². The summed E-state index contributed by atoms with van der Waals surface area (Å²) in [5.41, 5.74) is 9.92. The van der Waals surface area contributed by atoms with E-state index in [1.807, 2.05) is 0 Å². The minimum absolute atomic E-state index is 0.0157. The van der Waals surface area contributed by atoms with E-state index in [0.29, 0.717) is 16.7 Å². The van der Waals surface area contributed by atoms with Crippen molar-refractivity contribution in [2.24, 2.45) is 16.9 Å². The van der Waals surface area contributed by atoms with Gasteiger partial charge in [-0.2, -0.15) is 26.3 Å². The maximum Gasteiger partial charge on any atom is 0.416 e. The number of allylic oxidation sites excluding steroid dienone is 2. The molecule has 0 bridgehead atoms. The first-order valence-electron chi connectivity index (χ1n) is 11.8. The van der Waals surface area contributed by atoms with Gasteiger partial charge >= 0.3 is 18.4 Å². The molecule has 3 amide bonds. The Balaban J connectivity index is 1.79. The lowest BCUT2D eigenvalue weighted by atomic mass is 9.64. The van der Waals surface area contributed by atoms with Gasteiger partial charge < -0.3 is 16.4 Å². The van der Waals surface area contributed by atoms with Gasteiger partial charge in [0, 0.05) is 13.1 Å². The molecule has 5 nitrogen and oxygen atoms in total. The Morgan fingerprint density at radius 3 is 2.29 bits per heavy atom. The van der Waals surface area contributed by atoms with Crippen molar-refractivity contribution >= 4 is 17.5 Å². The van der Waals surface area contributed by atoms with Gasteiger partial charge in [0.05, 0.1) is 16.5 Å². The molecular weight excluding hydrogens is 512 g/mol. The number of urea groups is 1. The van der Waals surface area contributed by atoms with Crippen LogP contribution >= 0.6 is 0 Å². The number of hydrogen-bond acceptors (Lipinski definition) is 2. The van der Waals surface area contributed by atoms with E-state index in [-0.39, 0.29) is 49.9 Å². The maximum absolute atomic E-state index is 13.6. The number of nitrogens with zero attached hydrogens (tertiary/aromatic N) is 1. The van der Waals surface area contributed by atoms with Gasteiger partial charge in [0.25, 0.3) is 0 Å². The van der Waals surface area contributed by atoms with Crippen LogP contribution in [0.3, 0.4) is 0 Å². The molecule has 1 atom stereocenters. The lowest BCUT2D eigenvalue weighted by Crippen LogP contribution is -2.49. The summed E-state index contributed by atoms with van der Waals surface area (Å²) in [5, 5.41) is 0. The number of rotatable bonds is 5. The van der Waals surface area contributed by atoms with E-state index in [9.17, 15) is 35.9 Å². The predicted octanol–water partition coefficient (Wildman–Crippen LogP) is 5.70. The van der Waals surface area contributed by atoms with Gasteiger partial charge in [0.15, 0.2) is 0 Å². The summed E-state index contributed by atoms with van der Waals surface area (Å²) in [6.07, 6.45) is -7.64. The van der Waals surface area contributed by atoms with Crippen molar-refractivity contribution in [2.45, 2.75) is 38.0 Å². The highest BCUT2D eigenvalue weighted by Crippen LogP contribution is 2.49. The number of primary amides is 2. The SMILES string of the molecule is NC(=O)N1CCC2=C(C1)C(CCc1ccccc1C(F)(F)F)(C(N)=O)CC=C2c1cccc(C(F)(F)F)c1. The van der Waals surface area contributed by atoms with Crippen LogP contribution in [0.25, 0.3) is 5.57 Å². The Morgan fingerprint density at radius 2 is 1.66 bits per heavy atom. The molecule has 1 aliphatic carbocycles. The van der Waals surface area contributed by atoms with Crippen LogP contribution in [0.1, 0.15) is 41.5 Å². The van der Waals surface area contributed by atoms with Crippen molar-refractivity contribution in [1.82, 2.24) is 4.90 Å². The summed E-state index contributed by atoms with van der Waals surface area (Å²) in [5.74, 6) is -0.792. The Morgan fingerprint density at radius 1 is 0.947 bits per heavy atom. The summed E-state index contributed by atoms with van der Waals surface area (Å²) >= 11 is 0. The standard InChI is InChI=1S/C27H25F6N3O2/c28-26(29,30)18-6-3-5-17(14-18)19-9-12-25(23(34)37,22-15-36(24(35)38)13-10-20(19)22)11-8-16-4-1-2-7-21(16)27(31,32)33/h1-7,9,14H,8,10-13,15H2,(H2,34,37)(H2,35,38). The third-order valence-electron chi connectivity index (χ3n) is 7.33. The summed E-state index contributed by atoms with van der Waals surface area (Å²) in [4.78, 5) is 26.3. The zero-order chi connectivity index (χ0) is 27.9. The Hall–Kier alpha value is -3.76. The van der Waals surface area contributed by atoms with E-state index in [0.717, 1.165) is 18.2 Å². The highest BCUT2D eigenvalue weighted by Gasteiger charge is 2.46. The molecule has 2 aromatic carbocycles. The molecule has 1 aliphatic heterocycles. The Bertz CT molecular complexity index is 1330. The van der Waals surface area contributed by atoms with Crippen LogP contribution in [0.15, 0.2) is 65.8 Å². The van der Waals surface area contributed by atoms with Crippen molar-refractivity contribution in [3.8, 4) is 0 Å². The van der Waals surface area contributed by atoms with Crippen molar-refractivity contribution in [3.63, 3.8) is 0 Å². The molecule has 0 fully saturated rings. The number of amides is 3. The fraction of sp³-hybridized carbons (Fsp3) is 0.333. The van der Waals surface area contributed by atoms with E-state index < -0.39 is 40.8 Å². The molecule has 38 heavy (non-hydrogen) atoms. The van der Waals surface area contributed by atoms with Crippen LogP contribution in [0.5, 0.6) is 0 Å². The minimum atomic E-state index is -4.60. The largest absolute Gasteiger partial charge is 0.416 e. The highest BCUT2D eigenvalue weighted by molar-refractivity contribution is 5.92. The van der Waals surface area contributed by atoms with Crippen LogP contribution in [0.4, 0.5) is 31.1 Å². The average Bonchev–Trinajstić information content (AvgIpc) is 2.86. The molecule has 0 saturated carbocycles. The van der Waals surface area contributed by atoms with E-state index in [4.69, 9.17) is 11.5 Å². The van der Waals surface area contributed by atoms with E-state index in [1.54, 1.807) is 6.08 Å². The molecule has 4 N–H and O–H groups in total. The van der Waals surface area contributed by atoms with Gasteiger partial charge in [-0.3, -0.25) is 4.79 Å². The molecule has 2 aromatic rings. The van der Waals surface area contributed by atoms with E-state index in [1.165, 1.54) is 35.2 Å². The zero-order valence-electron chi connectivity index (χ0n) is 20.1. The quantitative estimate of drug-likeness (QED) is 0.480. The first-order chi connectivity index (χ1) is 17.7. The molecule has 11 heteroatoms. The number of carbonyl (C=O) groups excluding carboxylic acids is 2. The van der Waals surface area contributed by atoms with Gasteiger partial charge in [-0.1, -0.05) is 36.4 Å². The van der Waals surface area contributed by atoms with Crippen LogP contribution in [-0.4, -0.2) is 29.9 Å². The summed E-state index contributed by atoms with van der Waals surface area (Å²) in [7, 11) is 0. The monoisotopic (exact) mass is 537 g/mol. The van der Waals surface area contributed by atoms with Gasteiger partial charge in [-0.25, -0.2) is 4.79 Å². The Kier molecular flexibility index (Phi) is 7.07. The number of carbonyl (C=O) groups is 2. The van der Waals surface area contributed by atoms with E-state index >= 15 is 0 Å². The molecule has 4 rings (SSSR count). The van der Waals surface area contributed by atoms with Gasteiger partial charge in [0.2, 0.25) is 5.91 Å². The van der Waals surface area contributed by atoms with Crippen LogP contribution in [0.2, 0.25) is 0 Å². The second kappa shape index (κ2) is 9.85. The van der Waals surface area contributed by atoms with Crippen molar-refractivity contribution in [2.75, 3.05) is 13.1 Å². The maximum atomic E-state index is 13.6. The highest BCUT2D eigenvalue weighted by atomic mass is 19.4. The molecule has 1 unspecified atom stereocenters. The first-order valence-corrected chi connectivity index (χ1v) is 11.8. The topological polar surface area (TPSA) is 89.4 Å². The summed E-state index contributed by atoms with van der Waals surface area (Å²) in [6, 6.07) is 9.02. The fourth-order valence-electron chi connectivity index (χ4n) is 5.35. The second-order valence-corrected chi connectivity index (χ2v) is 9.47. The number of aryl methyl sites for hydroxylation is 1. The lowest BCUT2D eigenvalue weighted by molar-refractivity contribution is -0.138. The first kappa shape index (κ1) is 27.3. The number of benzene rings is 2. The molecule has 1 heterocycles. The zero-order valence-corrected chi connectivity index (χ0v) is 20.1. The Labute approximate surface area is 214 Å². The van der Waals surface area contributed by atoms with Crippen molar-refractivity contribution < 1.29 is 35.9 Å². The van der Waals surface area contributed by atoms with Crippen molar-refractivity contribution in [3.05, 3.63) is 88.0 Å². The van der Waals surface area contributed by atoms with Crippen LogP contribution in [0, 0.1) is 5.41 Å². The van der Waals surface area contributed by atoms with Gasteiger partial charge in [0.1, 0.15) is 0 Å². The normalized spacial score (nSPS) is 20.2. The third kappa shape index (κ3) is 5.14. The molecular formula is C27H25F6N3O2. The summed E-state index contributed by atoms with van der Waals surface area (Å²) < 4.78 is 80.9. The lowest BCUT2D eigenvalue weighted by Gasteiger charge is -2.43. The van der Waals surface area contributed by atoms with Crippen molar-refractivity contribution in [1.29, 1.82) is 0 Å². The van der Waals surface area contributed by atoms with Gasteiger partial charge in [-0.05, 0) is 71.7 Å². The molecule has 0 spiro atoms. The molecule has 0 radical (unpaired) electrons. The fourth-order valence-corrected chi connectivity index (χ4v) is 5.35. The summed E-state index contributed by atoms with van der Waals surface area (Å²) in [6.45, 7) is 0.0566. The third-order valence-corrected chi connectivity index (χ3v) is 7.33. The average molecular weight is 538 g/mol. The second-order valence-electron chi connectivity index (χ2n) is 9.47. The molecule has 202 valence electrons. The number of nitrogens with two attached hydrogens (primary N) is 2. The molecule has 0 aromatic heterocycles.